The molecular formula is C18H24Cl2N4O. The highest BCUT2D eigenvalue weighted by atomic mass is 35.5. The predicted molar refractivity (Wildman–Crippen MR) is 107 cm³/mol. The van der Waals surface area contributed by atoms with E-state index in [0.717, 1.165) is 24.5 Å². The van der Waals surface area contributed by atoms with Crippen LogP contribution in [0.2, 0.25) is 0 Å². The summed E-state index contributed by atoms with van der Waals surface area (Å²) in [7, 11) is 0. The van der Waals surface area contributed by atoms with Gasteiger partial charge in [0, 0.05) is 37.1 Å². The Morgan fingerprint density at radius 1 is 1.12 bits per heavy atom. The molecule has 1 fully saturated rings. The van der Waals surface area contributed by atoms with E-state index in [0.29, 0.717) is 17.8 Å². The van der Waals surface area contributed by atoms with Gasteiger partial charge in [0.05, 0.1) is 0 Å². The van der Waals surface area contributed by atoms with E-state index in [1.165, 1.54) is 19.3 Å². The van der Waals surface area contributed by atoms with Crippen LogP contribution in [0, 0.1) is 0 Å². The zero-order valence-corrected chi connectivity index (χ0v) is 15.6. The van der Waals surface area contributed by atoms with Gasteiger partial charge in [-0.2, -0.15) is 0 Å². The summed E-state index contributed by atoms with van der Waals surface area (Å²) in [6, 6.07) is 11.0. The molecule has 0 bridgehead atoms. The molecule has 5 nitrogen and oxygen atoms in total. The Morgan fingerprint density at radius 2 is 1.88 bits per heavy atom. The van der Waals surface area contributed by atoms with Gasteiger partial charge in [0.1, 0.15) is 5.82 Å². The van der Waals surface area contributed by atoms with Gasteiger partial charge in [0.25, 0.3) is 5.91 Å². The normalized spacial score (nSPS) is 13.4. The van der Waals surface area contributed by atoms with Gasteiger partial charge in [-0.15, -0.1) is 24.8 Å². The molecule has 0 saturated carbocycles. The Balaban J connectivity index is 0.00000156. The molecule has 0 unspecified atom stereocenters. The van der Waals surface area contributed by atoms with E-state index in [-0.39, 0.29) is 30.7 Å². The highest BCUT2D eigenvalue weighted by molar-refractivity contribution is 5.94. The number of nitrogens with zero attached hydrogens (tertiary/aromatic N) is 2. The number of rotatable bonds is 4. The molecule has 1 saturated heterocycles. The Kier molecular flexibility index (Phi) is 8.52. The minimum Gasteiger partial charge on any atom is -0.399 e. The van der Waals surface area contributed by atoms with Crippen molar-refractivity contribution in [3.8, 4) is 0 Å². The highest BCUT2D eigenvalue weighted by Crippen LogP contribution is 2.18. The number of carbonyl (C=O) groups excluding carboxylic acids is 1. The largest absolute Gasteiger partial charge is 0.399 e. The number of nitrogens with one attached hydrogen (secondary N) is 1. The lowest BCUT2D eigenvalue weighted by molar-refractivity contribution is 0.0951. The number of hydrogen-bond donors (Lipinski definition) is 2. The van der Waals surface area contributed by atoms with Gasteiger partial charge in [0.15, 0.2) is 0 Å². The Bertz CT molecular complexity index is 690. The monoisotopic (exact) mass is 382 g/mol. The number of hydrogen-bond acceptors (Lipinski definition) is 4. The van der Waals surface area contributed by atoms with Gasteiger partial charge in [-0.25, -0.2) is 4.98 Å². The number of benzene rings is 1. The van der Waals surface area contributed by atoms with E-state index < -0.39 is 0 Å². The molecule has 3 N–H and O–H groups in total. The number of halogens is 2. The Hall–Kier alpha value is -1.98. The maximum atomic E-state index is 12.2. The molecule has 25 heavy (non-hydrogen) atoms. The first-order valence-electron chi connectivity index (χ1n) is 8.06. The second kappa shape index (κ2) is 10.1. The summed E-state index contributed by atoms with van der Waals surface area (Å²) in [5.74, 6) is 0.883. The lowest BCUT2D eigenvalue weighted by Gasteiger charge is -2.27. The molecule has 1 aliphatic heterocycles. The predicted octanol–water partition coefficient (Wildman–Crippen LogP) is 3.43. The molecule has 0 atom stereocenters. The fraction of sp³-hybridized carbons (Fsp3) is 0.333. The standard InChI is InChI=1S/C18H22N4O.2ClH/c19-16-6-4-5-15(12-16)18(23)21-13-14-7-8-20-17(11-14)22-9-2-1-3-10-22;;/h4-8,11-12H,1-3,9-10,13,19H2,(H,21,23);2*1H. The molecule has 1 aromatic carbocycles. The first kappa shape index (κ1) is 21.1. The van der Waals surface area contributed by atoms with E-state index >= 15 is 0 Å². The van der Waals surface area contributed by atoms with Crippen LogP contribution in [0.1, 0.15) is 35.2 Å². The average molecular weight is 383 g/mol. The third-order valence-electron chi connectivity index (χ3n) is 4.09. The van der Waals surface area contributed by atoms with Crippen LogP contribution in [0.5, 0.6) is 0 Å². The summed E-state index contributed by atoms with van der Waals surface area (Å²) in [4.78, 5) is 18.9. The molecule has 0 spiro atoms. The molecule has 1 aliphatic rings. The maximum absolute atomic E-state index is 12.2. The molecule has 0 radical (unpaired) electrons. The topological polar surface area (TPSA) is 71.2 Å². The summed E-state index contributed by atoms with van der Waals surface area (Å²) in [6.07, 6.45) is 5.55. The number of nitrogen functional groups attached to an aromatic ring is 1. The Labute approximate surface area is 160 Å². The van der Waals surface area contributed by atoms with Crippen molar-refractivity contribution in [1.82, 2.24) is 10.3 Å². The molecule has 3 rings (SSSR count). The van der Waals surface area contributed by atoms with Gasteiger partial charge in [-0.1, -0.05) is 6.07 Å². The van der Waals surface area contributed by atoms with Crippen LogP contribution in [-0.2, 0) is 6.54 Å². The van der Waals surface area contributed by atoms with E-state index in [1.807, 2.05) is 12.3 Å². The van der Waals surface area contributed by atoms with Crippen LogP contribution in [0.4, 0.5) is 11.5 Å². The van der Waals surface area contributed by atoms with Crippen LogP contribution in [0.15, 0.2) is 42.6 Å². The number of carbonyl (C=O) groups is 1. The molecule has 1 aromatic heterocycles. The van der Waals surface area contributed by atoms with Crippen molar-refractivity contribution in [3.05, 3.63) is 53.7 Å². The zero-order chi connectivity index (χ0) is 16.1. The average Bonchev–Trinajstić information content (AvgIpc) is 2.61. The van der Waals surface area contributed by atoms with Crippen molar-refractivity contribution in [2.24, 2.45) is 0 Å². The summed E-state index contributed by atoms with van der Waals surface area (Å²) >= 11 is 0. The van der Waals surface area contributed by atoms with E-state index in [4.69, 9.17) is 5.73 Å². The van der Waals surface area contributed by atoms with Crippen molar-refractivity contribution in [1.29, 1.82) is 0 Å². The lowest BCUT2D eigenvalue weighted by Crippen LogP contribution is -2.30. The van der Waals surface area contributed by atoms with Crippen molar-refractivity contribution in [3.63, 3.8) is 0 Å². The van der Waals surface area contributed by atoms with E-state index in [1.54, 1.807) is 24.3 Å². The van der Waals surface area contributed by atoms with Crippen LogP contribution in [0.3, 0.4) is 0 Å². The van der Waals surface area contributed by atoms with Gasteiger partial charge in [0.2, 0.25) is 0 Å². The summed E-state index contributed by atoms with van der Waals surface area (Å²) in [6.45, 7) is 2.61. The highest BCUT2D eigenvalue weighted by Gasteiger charge is 2.12. The lowest BCUT2D eigenvalue weighted by atomic mass is 10.1. The fourth-order valence-corrected chi connectivity index (χ4v) is 2.83. The van der Waals surface area contributed by atoms with Crippen molar-refractivity contribution >= 4 is 42.2 Å². The molecule has 7 heteroatoms. The number of pyridine rings is 1. The first-order valence-corrected chi connectivity index (χ1v) is 8.06. The van der Waals surface area contributed by atoms with E-state index in [9.17, 15) is 4.79 Å². The van der Waals surface area contributed by atoms with Crippen LogP contribution >= 0.6 is 24.8 Å². The van der Waals surface area contributed by atoms with E-state index in [2.05, 4.69) is 21.3 Å². The minimum absolute atomic E-state index is 0. The second-order valence-electron chi connectivity index (χ2n) is 5.88. The third kappa shape index (κ3) is 5.80. The second-order valence-corrected chi connectivity index (χ2v) is 5.88. The number of nitrogens with two attached hydrogens (primary N) is 1. The van der Waals surface area contributed by atoms with Gasteiger partial charge in [-0.05, 0) is 55.2 Å². The molecule has 0 aliphatic carbocycles. The molecule has 2 aromatic rings. The molecule has 1 amide bonds. The molecule has 136 valence electrons. The third-order valence-corrected chi connectivity index (χ3v) is 4.09. The van der Waals surface area contributed by atoms with Gasteiger partial charge in [-0.3, -0.25) is 4.79 Å². The maximum Gasteiger partial charge on any atom is 0.251 e. The molecular weight excluding hydrogens is 359 g/mol. The first-order chi connectivity index (χ1) is 11.2. The van der Waals surface area contributed by atoms with Crippen molar-refractivity contribution < 1.29 is 4.79 Å². The molecule has 2 heterocycles. The Morgan fingerprint density at radius 3 is 2.60 bits per heavy atom. The van der Waals surface area contributed by atoms with Crippen LogP contribution < -0.4 is 16.0 Å². The SMILES string of the molecule is Cl.Cl.Nc1cccc(C(=O)NCc2ccnc(N3CCCCC3)c2)c1. The van der Waals surface area contributed by atoms with Crippen molar-refractivity contribution in [2.75, 3.05) is 23.7 Å². The number of amides is 1. The summed E-state index contributed by atoms with van der Waals surface area (Å²) < 4.78 is 0. The number of anilines is 2. The van der Waals surface area contributed by atoms with Crippen LogP contribution in [-0.4, -0.2) is 24.0 Å². The zero-order valence-electron chi connectivity index (χ0n) is 14.0. The number of aromatic nitrogens is 1. The van der Waals surface area contributed by atoms with Gasteiger partial charge >= 0.3 is 0 Å². The number of piperidine rings is 1. The quantitative estimate of drug-likeness (QED) is 0.794. The summed E-state index contributed by atoms with van der Waals surface area (Å²) in [5, 5.41) is 2.93. The minimum atomic E-state index is -0.117. The fourth-order valence-electron chi connectivity index (χ4n) is 2.83. The van der Waals surface area contributed by atoms with Gasteiger partial charge < -0.3 is 16.0 Å². The van der Waals surface area contributed by atoms with Crippen molar-refractivity contribution in [2.45, 2.75) is 25.8 Å². The smallest absolute Gasteiger partial charge is 0.251 e. The van der Waals surface area contributed by atoms with Crippen LogP contribution in [0.25, 0.3) is 0 Å². The summed E-state index contributed by atoms with van der Waals surface area (Å²) in [5.41, 5.74) is 7.94.